The van der Waals surface area contributed by atoms with Gasteiger partial charge in [0.2, 0.25) is 0 Å². The maximum absolute atomic E-state index is 9.40. The van der Waals surface area contributed by atoms with Gasteiger partial charge in [0.1, 0.15) is 11.8 Å². The number of benzene rings is 2. The molecule has 0 aliphatic carbocycles. The number of para-hydroxylation sites is 1. The van der Waals surface area contributed by atoms with Crippen molar-refractivity contribution in [2.45, 2.75) is 26.3 Å². The van der Waals surface area contributed by atoms with Crippen molar-refractivity contribution in [2.24, 2.45) is 0 Å². The molecule has 0 aliphatic rings. The Morgan fingerprint density at radius 1 is 1.14 bits per heavy atom. The predicted molar refractivity (Wildman–Crippen MR) is 85.4 cm³/mol. The number of nitrogens with zero attached hydrogens (tertiary/aromatic N) is 1. The number of ether oxygens (including phenoxy) is 1. The summed E-state index contributed by atoms with van der Waals surface area (Å²) in [6, 6.07) is 17.6. The highest BCUT2D eigenvalue weighted by Gasteiger charge is 2.11. The first kappa shape index (κ1) is 14.9. The van der Waals surface area contributed by atoms with Gasteiger partial charge in [-0.05, 0) is 42.7 Å². The third-order valence-electron chi connectivity index (χ3n) is 3.26. The van der Waals surface area contributed by atoms with E-state index in [1.165, 1.54) is 0 Å². The first-order chi connectivity index (χ1) is 10.2. The van der Waals surface area contributed by atoms with Gasteiger partial charge in [0, 0.05) is 5.69 Å². The molecule has 0 aromatic heterocycles. The van der Waals surface area contributed by atoms with Crippen molar-refractivity contribution in [3.8, 4) is 11.8 Å². The summed E-state index contributed by atoms with van der Waals surface area (Å²) in [5.74, 6) is 0.841. The van der Waals surface area contributed by atoms with E-state index in [1.807, 2.05) is 55.5 Å². The Labute approximate surface area is 126 Å². The van der Waals surface area contributed by atoms with Gasteiger partial charge in [-0.1, -0.05) is 37.3 Å². The monoisotopic (exact) mass is 280 g/mol. The lowest BCUT2D eigenvalue weighted by molar-refractivity contribution is 0.317. The number of aryl methyl sites for hydroxylation is 1. The third-order valence-corrected chi connectivity index (χ3v) is 3.26. The summed E-state index contributed by atoms with van der Waals surface area (Å²) < 4.78 is 5.56. The van der Waals surface area contributed by atoms with E-state index in [4.69, 9.17) is 4.74 Å². The predicted octanol–water partition coefficient (Wildman–Crippen LogP) is 4.46. The molecule has 0 bridgehead atoms. The molecule has 2 rings (SSSR count). The van der Waals surface area contributed by atoms with E-state index in [0.29, 0.717) is 6.61 Å². The highest BCUT2D eigenvalue weighted by molar-refractivity contribution is 5.53. The molecule has 0 spiro atoms. The Morgan fingerprint density at radius 3 is 2.48 bits per heavy atom. The van der Waals surface area contributed by atoms with Gasteiger partial charge in [0.05, 0.1) is 12.7 Å². The average Bonchev–Trinajstić information content (AvgIpc) is 2.53. The summed E-state index contributed by atoms with van der Waals surface area (Å²) in [5.41, 5.74) is 3.04. The van der Waals surface area contributed by atoms with Crippen LogP contribution in [-0.2, 0) is 0 Å². The van der Waals surface area contributed by atoms with Crippen molar-refractivity contribution >= 4 is 5.69 Å². The van der Waals surface area contributed by atoms with Gasteiger partial charge in [-0.15, -0.1) is 0 Å². The van der Waals surface area contributed by atoms with Crippen molar-refractivity contribution in [1.29, 1.82) is 5.26 Å². The Bertz CT molecular complexity index is 614. The van der Waals surface area contributed by atoms with Crippen LogP contribution in [0.25, 0.3) is 0 Å². The molecule has 1 N–H and O–H groups in total. The smallest absolute Gasteiger partial charge is 0.140 e. The zero-order valence-electron chi connectivity index (χ0n) is 12.5. The Kier molecular flexibility index (Phi) is 5.22. The number of anilines is 1. The minimum absolute atomic E-state index is 0.369. The summed E-state index contributed by atoms with van der Waals surface area (Å²) in [6.45, 7) is 4.81. The molecular formula is C18H20N2O. The number of rotatable bonds is 6. The Balaban J connectivity index is 2.11. The SMILES string of the molecule is CCCOc1ccc(C(C#N)Nc2ccccc2C)cc1. The lowest BCUT2D eigenvalue weighted by atomic mass is 10.1. The second-order valence-corrected chi connectivity index (χ2v) is 4.94. The van der Waals surface area contributed by atoms with Crippen LogP contribution in [0.5, 0.6) is 5.75 Å². The van der Waals surface area contributed by atoms with Crippen molar-refractivity contribution in [3.05, 3.63) is 59.7 Å². The Morgan fingerprint density at radius 2 is 1.86 bits per heavy atom. The molecule has 1 atom stereocenters. The largest absolute Gasteiger partial charge is 0.494 e. The summed E-state index contributed by atoms with van der Waals surface area (Å²) in [6.07, 6.45) is 0.984. The Hall–Kier alpha value is -2.47. The quantitative estimate of drug-likeness (QED) is 0.849. The van der Waals surface area contributed by atoms with E-state index in [2.05, 4.69) is 18.3 Å². The standard InChI is InChI=1S/C18H20N2O/c1-3-12-21-16-10-8-15(9-11-16)18(13-19)20-17-7-5-4-6-14(17)2/h4-11,18,20H,3,12H2,1-2H3. The highest BCUT2D eigenvalue weighted by Crippen LogP contribution is 2.23. The summed E-state index contributed by atoms with van der Waals surface area (Å²) in [5, 5.41) is 12.7. The van der Waals surface area contributed by atoms with Crippen LogP contribution in [0.1, 0.15) is 30.5 Å². The third kappa shape index (κ3) is 4.00. The van der Waals surface area contributed by atoms with E-state index in [1.54, 1.807) is 0 Å². The van der Waals surface area contributed by atoms with Crippen LogP contribution in [0.15, 0.2) is 48.5 Å². The van der Waals surface area contributed by atoms with Crippen molar-refractivity contribution in [3.63, 3.8) is 0 Å². The molecule has 3 heteroatoms. The van der Waals surface area contributed by atoms with E-state index < -0.39 is 0 Å². The van der Waals surface area contributed by atoms with Crippen molar-refractivity contribution in [1.82, 2.24) is 0 Å². The van der Waals surface area contributed by atoms with E-state index >= 15 is 0 Å². The summed E-state index contributed by atoms with van der Waals surface area (Å²) in [4.78, 5) is 0. The van der Waals surface area contributed by atoms with Crippen LogP contribution in [-0.4, -0.2) is 6.61 Å². The van der Waals surface area contributed by atoms with E-state index in [9.17, 15) is 5.26 Å². The van der Waals surface area contributed by atoms with E-state index in [-0.39, 0.29) is 6.04 Å². The fraction of sp³-hybridized carbons (Fsp3) is 0.278. The van der Waals surface area contributed by atoms with Gasteiger partial charge in [-0.3, -0.25) is 0 Å². The number of hydrogen-bond acceptors (Lipinski definition) is 3. The van der Waals surface area contributed by atoms with Crippen molar-refractivity contribution < 1.29 is 4.74 Å². The minimum Gasteiger partial charge on any atom is -0.494 e. The molecule has 0 fully saturated rings. The first-order valence-corrected chi connectivity index (χ1v) is 7.19. The molecule has 1 unspecified atom stereocenters. The molecule has 0 heterocycles. The number of nitrogens with one attached hydrogen (secondary N) is 1. The topological polar surface area (TPSA) is 45.0 Å². The molecule has 2 aromatic carbocycles. The molecule has 0 radical (unpaired) electrons. The highest BCUT2D eigenvalue weighted by atomic mass is 16.5. The second kappa shape index (κ2) is 7.35. The van der Waals surface area contributed by atoms with Crippen LogP contribution in [0.2, 0.25) is 0 Å². The maximum atomic E-state index is 9.40. The minimum atomic E-state index is -0.369. The maximum Gasteiger partial charge on any atom is 0.140 e. The molecular weight excluding hydrogens is 260 g/mol. The second-order valence-electron chi connectivity index (χ2n) is 4.94. The van der Waals surface area contributed by atoms with Gasteiger partial charge < -0.3 is 10.1 Å². The summed E-state index contributed by atoms with van der Waals surface area (Å²) >= 11 is 0. The zero-order chi connectivity index (χ0) is 15.1. The number of hydrogen-bond donors (Lipinski definition) is 1. The zero-order valence-corrected chi connectivity index (χ0v) is 12.5. The van der Waals surface area contributed by atoms with Gasteiger partial charge in [-0.25, -0.2) is 0 Å². The molecule has 0 amide bonds. The van der Waals surface area contributed by atoms with Crippen molar-refractivity contribution in [2.75, 3.05) is 11.9 Å². The molecule has 3 nitrogen and oxygen atoms in total. The van der Waals surface area contributed by atoms with Crippen LogP contribution in [0.4, 0.5) is 5.69 Å². The van der Waals surface area contributed by atoms with Crippen LogP contribution >= 0.6 is 0 Å². The van der Waals surface area contributed by atoms with Gasteiger partial charge in [0.25, 0.3) is 0 Å². The van der Waals surface area contributed by atoms with Gasteiger partial charge in [0.15, 0.2) is 0 Å². The molecule has 21 heavy (non-hydrogen) atoms. The van der Waals surface area contributed by atoms with Crippen LogP contribution < -0.4 is 10.1 Å². The fourth-order valence-corrected chi connectivity index (χ4v) is 2.06. The normalized spacial score (nSPS) is 11.5. The summed E-state index contributed by atoms with van der Waals surface area (Å²) in [7, 11) is 0. The average molecular weight is 280 g/mol. The first-order valence-electron chi connectivity index (χ1n) is 7.19. The van der Waals surface area contributed by atoms with Gasteiger partial charge >= 0.3 is 0 Å². The molecule has 2 aromatic rings. The van der Waals surface area contributed by atoms with Gasteiger partial charge in [-0.2, -0.15) is 5.26 Å². The van der Waals surface area contributed by atoms with E-state index in [0.717, 1.165) is 29.0 Å². The lowest BCUT2D eigenvalue weighted by Crippen LogP contribution is -2.09. The molecule has 0 aliphatic heterocycles. The fourth-order valence-electron chi connectivity index (χ4n) is 2.06. The molecule has 0 saturated heterocycles. The lowest BCUT2D eigenvalue weighted by Gasteiger charge is -2.15. The number of nitriles is 1. The molecule has 0 saturated carbocycles. The molecule has 108 valence electrons. The van der Waals surface area contributed by atoms with Crippen LogP contribution in [0, 0.1) is 18.3 Å². The van der Waals surface area contributed by atoms with Crippen LogP contribution in [0.3, 0.4) is 0 Å².